The molecule has 0 saturated carbocycles. The highest BCUT2D eigenvalue weighted by atomic mass is 16.3. The standard InChI is InChI=1S/C23H29N5O/c1-24-23(27-16-21(18-29)20-10-6-3-7-11-20)26-13-12-22-25-14-15-28(22)17-19-8-4-2-5-9-19/h2-11,14-15,21,29H,12-13,16-18H2,1H3,(H2,24,26,27). The number of guanidine groups is 1. The van der Waals surface area contributed by atoms with Crippen LogP contribution in [0.5, 0.6) is 0 Å². The molecule has 0 amide bonds. The first-order chi connectivity index (χ1) is 14.3. The molecule has 1 unspecified atom stereocenters. The third-order valence-electron chi connectivity index (χ3n) is 4.87. The average Bonchev–Trinajstić information content (AvgIpc) is 3.21. The number of nitrogens with one attached hydrogen (secondary N) is 2. The third kappa shape index (κ3) is 6.19. The summed E-state index contributed by atoms with van der Waals surface area (Å²) in [6, 6.07) is 20.4. The number of aliphatic hydroxyl groups is 1. The number of hydrogen-bond donors (Lipinski definition) is 3. The van der Waals surface area contributed by atoms with Crippen LogP contribution >= 0.6 is 0 Å². The van der Waals surface area contributed by atoms with Gasteiger partial charge in [-0.1, -0.05) is 60.7 Å². The number of nitrogens with zero attached hydrogens (tertiary/aromatic N) is 3. The zero-order valence-corrected chi connectivity index (χ0v) is 16.8. The van der Waals surface area contributed by atoms with Crippen molar-refractivity contribution in [1.82, 2.24) is 20.2 Å². The van der Waals surface area contributed by atoms with Crippen LogP contribution in [0.2, 0.25) is 0 Å². The first-order valence-corrected chi connectivity index (χ1v) is 9.94. The minimum absolute atomic E-state index is 0.0273. The summed E-state index contributed by atoms with van der Waals surface area (Å²) in [6.45, 7) is 2.24. The van der Waals surface area contributed by atoms with Crippen molar-refractivity contribution < 1.29 is 5.11 Å². The minimum Gasteiger partial charge on any atom is -0.396 e. The molecule has 0 aliphatic heterocycles. The van der Waals surface area contributed by atoms with Crippen LogP contribution in [-0.4, -0.2) is 47.4 Å². The lowest BCUT2D eigenvalue weighted by Crippen LogP contribution is -2.40. The summed E-state index contributed by atoms with van der Waals surface area (Å²) in [5.74, 6) is 1.79. The van der Waals surface area contributed by atoms with E-state index in [1.165, 1.54) is 5.56 Å². The summed E-state index contributed by atoms with van der Waals surface area (Å²) in [7, 11) is 1.75. The number of aromatic nitrogens is 2. The first kappa shape index (κ1) is 20.6. The van der Waals surface area contributed by atoms with E-state index >= 15 is 0 Å². The molecule has 6 nitrogen and oxygen atoms in total. The van der Waals surface area contributed by atoms with E-state index in [4.69, 9.17) is 0 Å². The Morgan fingerprint density at radius 2 is 1.79 bits per heavy atom. The Morgan fingerprint density at radius 3 is 2.48 bits per heavy atom. The van der Waals surface area contributed by atoms with E-state index in [0.29, 0.717) is 6.54 Å². The lowest BCUT2D eigenvalue weighted by Gasteiger charge is -2.18. The molecule has 1 heterocycles. The molecule has 0 radical (unpaired) electrons. The van der Waals surface area contributed by atoms with Crippen molar-refractivity contribution in [2.45, 2.75) is 18.9 Å². The largest absolute Gasteiger partial charge is 0.396 e. The van der Waals surface area contributed by atoms with Crippen LogP contribution in [0.3, 0.4) is 0 Å². The molecule has 29 heavy (non-hydrogen) atoms. The van der Waals surface area contributed by atoms with Gasteiger partial charge in [0.1, 0.15) is 5.82 Å². The fourth-order valence-electron chi connectivity index (χ4n) is 3.24. The lowest BCUT2D eigenvalue weighted by molar-refractivity contribution is 0.265. The van der Waals surface area contributed by atoms with Gasteiger partial charge in [0.15, 0.2) is 5.96 Å². The quantitative estimate of drug-likeness (QED) is 0.387. The molecule has 3 N–H and O–H groups in total. The van der Waals surface area contributed by atoms with Crippen molar-refractivity contribution in [3.63, 3.8) is 0 Å². The van der Waals surface area contributed by atoms with E-state index in [0.717, 1.165) is 36.9 Å². The maximum atomic E-state index is 9.71. The summed E-state index contributed by atoms with van der Waals surface area (Å²) in [5.41, 5.74) is 2.37. The smallest absolute Gasteiger partial charge is 0.191 e. The van der Waals surface area contributed by atoms with Gasteiger partial charge in [0.2, 0.25) is 0 Å². The molecule has 0 fully saturated rings. The average molecular weight is 392 g/mol. The highest BCUT2D eigenvalue weighted by Crippen LogP contribution is 2.13. The molecule has 1 atom stereocenters. The number of benzene rings is 2. The van der Waals surface area contributed by atoms with Crippen molar-refractivity contribution in [1.29, 1.82) is 0 Å². The zero-order chi connectivity index (χ0) is 20.3. The zero-order valence-electron chi connectivity index (χ0n) is 16.8. The number of hydrogen-bond acceptors (Lipinski definition) is 3. The molecule has 0 bridgehead atoms. The van der Waals surface area contributed by atoms with Gasteiger partial charge in [0.05, 0.1) is 6.61 Å². The van der Waals surface area contributed by atoms with Crippen LogP contribution < -0.4 is 10.6 Å². The maximum Gasteiger partial charge on any atom is 0.191 e. The highest BCUT2D eigenvalue weighted by Gasteiger charge is 2.11. The van der Waals surface area contributed by atoms with Gasteiger partial charge < -0.3 is 20.3 Å². The van der Waals surface area contributed by atoms with Crippen molar-refractivity contribution in [3.05, 3.63) is 90.0 Å². The number of rotatable bonds is 9. The fourth-order valence-corrected chi connectivity index (χ4v) is 3.24. The van der Waals surface area contributed by atoms with E-state index in [2.05, 4.69) is 49.4 Å². The number of imidazole rings is 1. The Hall–Kier alpha value is -3.12. The molecule has 3 rings (SSSR count). The Labute approximate surface area is 172 Å². The van der Waals surface area contributed by atoms with E-state index < -0.39 is 0 Å². The summed E-state index contributed by atoms with van der Waals surface area (Å²) in [5, 5.41) is 16.3. The molecule has 0 spiro atoms. The van der Waals surface area contributed by atoms with Crippen molar-refractivity contribution in [2.75, 3.05) is 26.7 Å². The van der Waals surface area contributed by atoms with Crippen LogP contribution in [0.4, 0.5) is 0 Å². The van der Waals surface area contributed by atoms with Crippen LogP contribution in [0.15, 0.2) is 78.0 Å². The summed E-state index contributed by atoms with van der Waals surface area (Å²) in [6.07, 6.45) is 4.65. The molecule has 0 aliphatic carbocycles. The summed E-state index contributed by atoms with van der Waals surface area (Å²) < 4.78 is 2.17. The Morgan fingerprint density at radius 1 is 1.07 bits per heavy atom. The molecule has 0 aliphatic rings. The van der Waals surface area contributed by atoms with Crippen LogP contribution in [0.25, 0.3) is 0 Å². The maximum absolute atomic E-state index is 9.71. The molecule has 1 aromatic heterocycles. The van der Waals surface area contributed by atoms with Gasteiger partial charge >= 0.3 is 0 Å². The lowest BCUT2D eigenvalue weighted by atomic mass is 10.0. The molecular formula is C23H29N5O. The fraction of sp³-hybridized carbons (Fsp3) is 0.304. The van der Waals surface area contributed by atoms with Crippen molar-refractivity contribution >= 4 is 5.96 Å². The van der Waals surface area contributed by atoms with Gasteiger partial charge in [-0.25, -0.2) is 4.98 Å². The van der Waals surface area contributed by atoms with E-state index in [-0.39, 0.29) is 12.5 Å². The van der Waals surface area contributed by atoms with Crippen molar-refractivity contribution in [2.24, 2.45) is 4.99 Å². The van der Waals surface area contributed by atoms with Crippen LogP contribution in [-0.2, 0) is 13.0 Å². The van der Waals surface area contributed by atoms with Gasteiger partial charge in [-0.2, -0.15) is 0 Å². The van der Waals surface area contributed by atoms with Gasteiger partial charge in [-0.05, 0) is 11.1 Å². The molecule has 152 valence electrons. The van der Waals surface area contributed by atoms with E-state index in [9.17, 15) is 5.11 Å². The minimum atomic E-state index is 0.0273. The summed E-state index contributed by atoms with van der Waals surface area (Å²) in [4.78, 5) is 8.77. The second-order valence-corrected chi connectivity index (χ2v) is 6.88. The second-order valence-electron chi connectivity index (χ2n) is 6.88. The summed E-state index contributed by atoms with van der Waals surface area (Å²) >= 11 is 0. The normalized spacial score (nSPS) is 12.6. The molecule has 2 aromatic carbocycles. The molecule has 0 saturated heterocycles. The molecule has 6 heteroatoms. The topological polar surface area (TPSA) is 74.5 Å². The van der Waals surface area contributed by atoms with Crippen molar-refractivity contribution in [3.8, 4) is 0 Å². The highest BCUT2D eigenvalue weighted by molar-refractivity contribution is 5.79. The first-order valence-electron chi connectivity index (χ1n) is 9.94. The predicted molar refractivity (Wildman–Crippen MR) is 117 cm³/mol. The van der Waals surface area contributed by atoms with Gasteiger partial charge in [0.25, 0.3) is 0 Å². The molecular weight excluding hydrogens is 362 g/mol. The van der Waals surface area contributed by atoms with E-state index in [1.807, 2.05) is 48.8 Å². The Bertz CT molecular complexity index is 877. The van der Waals surface area contributed by atoms with Gasteiger partial charge in [-0.15, -0.1) is 0 Å². The Kier molecular flexibility index (Phi) is 7.83. The van der Waals surface area contributed by atoms with Gasteiger partial charge in [-0.3, -0.25) is 4.99 Å². The third-order valence-corrected chi connectivity index (χ3v) is 4.87. The predicted octanol–water partition coefficient (Wildman–Crippen LogP) is 2.42. The second kappa shape index (κ2) is 11.0. The number of aliphatic hydroxyl groups excluding tert-OH is 1. The van der Waals surface area contributed by atoms with Gasteiger partial charge in [0, 0.05) is 51.4 Å². The van der Waals surface area contributed by atoms with Crippen LogP contribution in [0, 0.1) is 0 Å². The molecule has 3 aromatic rings. The monoisotopic (exact) mass is 391 g/mol. The van der Waals surface area contributed by atoms with Crippen LogP contribution in [0.1, 0.15) is 22.9 Å². The number of aliphatic imine (C=N–C) groups is 1. The Balaban J connectivity index is 1.47. The van der Waals surface area contributed by atoms with E-state index in [1.54, 1.807) is 7.05 Å². The SMILES string of the molecule is CN=C(NCCc1nccn1Cc1ccccc1)NCC(CO)c1ccccc1.